The van der Waals surface area contributed by atoms with Crippen LogP contribution in [0.25, 0.3) is 0 Å². The van der Waals surface area contributed by atoms with E-state index < -0.39 is 5.54 Å². The fraction of sp³-hybridized carbons (Fsp3) is 0.667. The second-order valence-corrected chi connectivity index (χ2v) is 5.85. The van der Waals surface area contributed by atoms with Gasteiger partial charge in [0.25, 0.3) is 0 Å². The van der Waals surface area contributed by atoms with E-state index in [1.165, 1.54) is 0 Å². The molecular weight excluding hydrogens is 280 g/mol. The van der Waals surface area contributed by atoms with Crippen molar-refractivity contribution in [3.63, 3.8) is 0 Å². The van der Waals surface area contributed by atoms with Crippen molar-refractivity contribution in [3.05, 3.63) is 16.9 Å². The molecule has 0 aromatic carbocycles. The molecule has 0 aliphatic rings. The Kier molecular flexibility index (Phi) is 4.72. The van der Waals surface area contributed by atoms with Gasteiger partial charge in [0.1, 0.15) is 5.54 Å². The highest BCUT2D eigenvalue weighted by atomic mass is 79.9. The van der Waals surface area contributed by atoms with E-state index in [1.807, 2.05) is 31.6 Å². The molecule has 1 heterocycles. The highest BCUT2D eigenvalue weighted by Crippen LogP contribution is 2.21. The van der Waals surface area contributed by atoms with Crippen LogP contribution in [0.15, 0.2) is 16.9 Å². The third-order valence-electron chi connectivity index (χ3n) is 2.58. The van der Waals surface area contributed by atoms with Crippen LogP contribution >= 0.6 is 15.9 Å². The largest absolute Gasteiger partial charge is 0.297 e. The van der Waals surface area contributed by atoms with Crippen LogP contribution in [0, 0.1) is 11.3 Å². The first-order valence-corrected chi connectivity index (χ1v) is 6.54. The summed E-state index contributed by atoms with van der Waals surface area (Å²) in [7, 11) is 0. The van der Waals surface area contributed by atoms with Gasteiger partial charge in [-0.1, -0.05) is 0 Å². The van der Waals surface area contributed by atoms with Crippen molar-refractivity contribution in [2.75, 3.05) is 0 Å². The van der Waals surface area contributed by atoms with Gasteiger partial charge in [-0.15, -0.1) is 0 Å². The maximum atomic E-state index is 9.28. The van der Waals surface area contributed by atoms with E-state index in [9.17, 15) is 5.26 Å². The average molecular weight is 299 g/mol. The number of hydrogen-bond acceptors (Lipinski definition) is 3. The summed E-state index contributed by atoms with van der Waals surface area (Å²) in [5.41, 5.74) is -0.522. The highest BCUT2D eigenvalue weighted by molar-refractivity contribution is 9.10. The predicted molar refractivity (Wildman–Crippen MR) is 71.5 cm³/mol. The molecule has 0 radical (unpaired) electrons. The zero-order valence-corrected chi connectivity index (χ0v) is 12.3. The van der Waals surface area contributed by atoms with E-state index in [-0.39, 0.29) is 12.1 Å². The van der Waals surface area contributed by atoms with E-state index in [1.54, 1.807) is 6.20 Å². The number of rotatable bonds is 5. The van der Waals surface area contributed by atoms with Crippen molar-refractivity contribution in [2.24, 2.45) is 0 Å². The lowest BCUT2D eigenvalue weighted by Crippen LogP contribution is -2.46. The van der Waals surface area contributed by atoms with Gasteiger partial charge in [0.15, 0.2) is 0 Å². The van der Waals surface area contributed by atoms with Gasteiger partial charge >= 0.3 is 0 Å². The molecule has 2 unspecified atom stereocenters. The van der Waals surface area contributed by atoms with Crippen LogP contribution in [0.2, 0.25) is 0 Å². The van der Waals surface area contributed by atoms with Gasteiger partial charge in [0.05, 0.1) is 22.8 Å². The maximum Gasteiger partial charge on any atom is 0.106 e. The summed E-state index contributed by atoms with van der Waals surface area (Å²) in [6.07, 6.45) is 4.41. The van der Waals surface area contributed by atoms with E-state index in [2.05, 4.69) is 39.3 Å². The summed E-state index contributed by atoms with van der Waals surface area (Å²) < 4.78 is 2.83. The molecule has 1 aromatic rings. The minimum atomic E-state index is -0.522. The zero-order valence-electron chi connectivity index (χ0n) is 10.7. The number of nitrogens with zero attached hydrogens (tertiary/aromatic N) is 3. The Morgan fingerprint density at radius 3 is 2.65 bits per heavy atom. The molecule has 0 aliphatic heterocycles. The lowest BCUT2D eigenvalue weighted by Gasteiger charge is -2.28. The second kappa shape index (κ2) is 5.65. The molecule has 17 heavy (non-hydrogen) atoms. The summed E-state index contributed by atoms with van der Waals surface area (Å²) in [4.78, 5) is 0. The average Bonchev–Trinajstić information content (AvgIpc) is 2.63. The Labute approximate surface area is 111 Å². The van der Waals surface area contributed by atoms with Crippen molar-refractivity contribution < 1.29 is 0 Å². The highest BCUT2D eigenvalue weighted by Gasteiger charge is 2.27. The molecule has 0 spiro atoms. The molecule has 0 bridgehead atoms. The first-order chi connectivity index (χ1) is 7.86. The van der Waals surface area contributed by atoms with E-state index >= 15 is 0 Å². The minimum Gasteiger partial charge on any atom is -0.297 e. The van der Waals surface area contributed by atoms with Crippen LogP contribution in [-0.2, 0) is 0 Å². The zero-order chi connectivity index (χ0) is 13.1. The van der Waals surface area contributed by atoms with E-state index in [4.69, 9.17) is 0 Å². The maximum absolute atomic E-state index is 9.28. The molecule has 2 atom stereocenters. The summed E-state index contributed by atoms with van der Waals surface area (Å²) in [5, 5.41) is 16.8. The van der Waals surface area contributed by atoms with Gasteiger partial charge in [0, 0.05) is 18.7 Å². The Balaban J connectivity index is 2.72. The number of aromatic nitrogens is 2. The van der Waals surface area contributed by atoms with Gasteiger partial charge in [-0.05, 0) is 43.6 Å². The number of nitrogens with one attached hydrogen (secondary N) is 1. The molecule has 5 heteroatoms. The molecule has 0 saturated carbocycles. The topological polar surface area (TPSA) is 53.6 Å². The molecule has 1 N–H and O–H groups in total. The van der Waals surface area contributed by atoms with Crippen molar-refractivity contribution in [3.8, 4) is 6.07 Å². The van der Waals surface area contributed by atoms with Crippen LogP contribution < -0.4 is 5.32 Å². The van der Waals surface area contributed by atoms with Crippen molar-refractivity contribution in [1.82, 2.24) is 15.1 Å². The number of nitriles is 1. The summed E-state index contributed by atoms with van der Waals surface area (Å²) in [6.45, 7) is 8.09. The lowest BCUT2D eigenvalue weighted by molar-refractivity contribution is 0.314. The fourth-order valence-corrected chi connectivity index (χ4v) is 2.32. The first kappa shape index (κ1) is 14.2. The molecular formula is C12H19BrN4. The summed E-state index contributed by atoms with van der Waals surface area (Å²) in [6, 6.07) is 2.82. The third-order valence-corrected chi connectivity index (χ3v) is 2.99. The Bertz CT molecular complexity index is 407. The fourth-order valence-electron chi connectivity index (χ4n) is 2.01. The van der Waals surface area contributed by atoms with Gasteiger partial charge < -0.3 is 0 Å². The Morgan fingerprint density at radius 1 is 1.59 bits per heavy atom. The normalized spacial score (nSPS) is 16.5. The standard InChI is InChI=1S/C12H19BrN4/c1-9(2)16-12(4,8-14)5-10(3)17-7-11(13)6-15-17/h6-7,9-10,16H,5H2,1-4H3. The number of halogens is 1. The molecule has 1 rings (SSSR count). The third kappa shape index (κ3) is 4.14. The monoisotopic (exact) mass is 298 g/mol. The minimum absolute atomic E-state index is 0.178. The van der Waals surface area contributed by atoms with Crippen LogP contribution in [0.1, 0.15) is 40.2 Å². The van der Waals surface area contributed by atoms with Crippen molar-refractivity contribution in [2.45, 2.75) is 51.7 Å². The second-order valence-electron chi connectivity index (χ2n) is 4.93. The van der Waals surface area contributed by atoms with Crippen LogP contribution in [0.5, 0.6) is 0 Å². The van der Waals surface area contributed by atoms with Crippen molar-refractivity contribution >= 4 is 15.9 Å². The summed E-state index contributed by atoms with van der Waals surface area (Å²) >= 11 is 3.37. The Hall–Kier alpha value is -0.860. The molecule has 0 saturated heterocycles. The molecule has 0 aliphatic carbocycles. The van der Waals surface area contributed by atoms with Gasteiger partial charge in [0.2, 0.25) is 0 Å². The lowest BCUT2D eigenvalue weighted by atomic mass is 9.94. The van der Waals surface area contributed by atoms with Gasteiger partial charge in [-0.3, -0.25) is 10.00 Å². The van der Waals surface area contributed by atoms with Crippen LogP contribution in [0.3, 0.4) is 0 Å². The molecule has 1 aromatic heterocycles. The van der Waals surface area contributed by atoms with E-state index in [0.717, 1.165) is 10.9 Å². The van der Waals surface area contributed by atoms with Crippen LogP contribution in [0.4, 0.5) is 0 Å². The summed E-state index contributed by atoms with van der Waals surface area (Å²) in [5.74, 6) is 0. The van der Waals surface area contributed by atoms with Crippen LogP contribution in [-0.4, -0.2) is 21.4 Å². The van der Waals surface area contributed by atoms with Crippen molar-refractivity contribution in [1.29, 1.82) is 5.26 Å². The smallest absolute Gasteiger partial charge is 0.106 e. The molecule has 4 nitrogen and oxygen atoms in total. The first-order valence-electron chi connectivity index (χ1n) is 5.75. The Morgan fingerprint density at radius 2 is 2.24 bits per heavy atom. The predicted octanol–water partition coefficient (Wildman–Crippen LogP) is 2.88. The van der Waals surface area contributed by atoms with Gasteiger partial charge in [-0.25, -0.2) is 0 Å². The molecule has 0 amide bonds. The van der Waals surface area contributed by atoms with Gasteiger partial charge in [-0.2, -0.15) is 10.4 Å². The van der Waals surface area contributed by atoms with E-state index in [0.29, 0.717) is 0 Å². The number of hydrogen-bond donors (Lipinski definition) is 1. The SMILES string of the molecule is CC(C)NC(C)(C#N)CC(C)n1cc(Br)cn1. The molecule has 0 fully saturated rings. The molecule has 94 valence electrons. The quantitative estimate of drug-likeness (QED) is 0.909.